The summed E-state index contributed by atoms with van der Waals surface area (Å²) in [5.74, 6) is 0. The molecule has 2 aromatic rings. The van der Waals surface area contributed by atoms with Gasteiger partial charge in [-0.2, -0.15) is 4.79 Å². The van der Waals surface area contributed by atoms with E-state index in [-0.39, 0.29) is 0 Å². The first kappa shape index (κ1) is 7.79. The van der Waals surface area contributed by atoms with Crippen LogP contribution >= 0.6 is 0 Å². The van der Waals surface area contributed by atoms with Crippen molar-refractivity contribution in [3.05, 3.63) is 36.9 Å². The molecule has 0 radical (unpaired) electrons. The fraction of sp³-hybridized carbons (Fsp3) is 0.111. The molecule has 0 fully saturated rings. The Morgan fingerprint density at radius 2 is 2.31 bits per heavy atom. The van der Waals surface area contributed by atoms with E-state index in [4.69, 9.17) is 0 Å². The topological polar surface area (TPSA) is 42.7 Å². The van der Waals surface area contributed by atoms with Crippen molar-refractivity contribution in [2.75, 3.05) is 12.0 Å². The Morgan fingerprint density at radius 3 is 3.15 bits per heavy atom. The summed E-state index contributed by atoms with van der Waals surface area (Å²) in [6.07, 6.45) is 1.77. The van der Waals surface area contributed by atoms with Crippen LogP contribution in [0.2, 0.25) is 0 Å². The Kier molecular flexibility index (Phi) is 1.96. The lowest BCUT2D eigenvalue weighted by atomic mass is 10.3. The van der Waals surface area contributed by atoms with Gasteiger partial charge in [-0.05, 0) is 17.3 Å². The van der Waals surface area contributed by atoms with Crippen LogP contribution < -0.4 is 5.43 Å². The summed E-state index contributed by atoms with van der Waals surface area (Å²) in [6, 6.07) is 7.78. The molecule has 1 heterocycles. The number of hydrogen-bond donors (Lipinski definition) is 1. The van der Waals surface area contributed by atoms with Gasteiger partial charge >= 0.3 is 0 Å². The molecular formula is C9H10N4. The van der Waals surface area contributed by atoms with Gasteiger partial charge in [-0.15, -0.1) is 11.7 Å². The van der Waals surface area contributed by atoms with Crippen LogP contribution in [0.25, 0.3) is 11.0 Å². The highest BCUT2D eigenvalue weighted by atomic mass is 15.6. The summed E-state index contributed by atoms with van der Waals surface area (Å²) in [7, 11) is 0. The van der Waals surface area contributed by atoms with E-state index in [9.17, 15) is 0 Å². The zero-order valence-electron chi connectivity index (χ0n) is 7.14. The average Bonchev–Trinajstić information content (AvgIpc) is 2.58. The third-order valence-corrected chi connectivity index (χ3v) is 1.74. The van der Waals surface area contributed by atoms with Gasteiger partial charge in [0.25, 0.3) is 0 Å². The molecule has 13 heavy (non-hydrogen) atoms. The highest BCUT2D eigenvalue weighted by Crippen LogP contribution is 2.07. The first-order valence-electron chi connectivity index (χ1n) is 4.07. The largest absolute Gasteiger partial charge is 0.304 e. The lowest BCUT2D eigenvalue weighted by Crippen LogP contribution is -2.15. The molecule has 0 spiro atoms. The second kappa shape index (κ2) is 3.26. The normalized spacial score (nSPS) is 10.2. The number of para-hydroxylation sites is 1. The molecule has 0 atom stereocenters. The second-order valence-corrected chi connectivity index (χ2v) is 2.64. The fourth-order valence-corrected chi connectivity index (χ4v) is 1.14. The third-order valence-electron chi connectivity index (χ3n) is 1.74. The Balaban J connectivity index is 2.40. The number of aromatic nitrogens is 3. The molecule has 2 rings (SSSR count). The highest BCUT2D eigenvalue weighted by Gasteiger charge is 2.00. The number of nitrogens with one attached hydrogen (secondary N) is 1. The summed E-state index contributed by atoms with van der Waals surface area (Å²) < 4.78 is 0. The van der Waals surface area contributed by atoms with E-state index in [1.165, 1.54) is 0 Å². The van der Waals surface area contributed by atoms with Crippen LogP contribution in [0.3, 0.4) is 0 Å². The summed E-state index contributed by atoms with van der Waals surface area (Å²) in [5, 5.41) is 7.93. The number of fused-ring (bicyclic) bond motifs is 1. The van der Waals surface area contributed by atoms with Crippen molar-refractivity contribution in [1.29, 1.82) is 0 Å². The van der Waals surface area contributed by atoms with Gasteiger partial charge in [-0.1, -0.05) is 18.2 Å². The lowest BCUT2D eigenvalue weighted by molar-refractivity contribution is 0.733. The smallest absolute Gasteiger partial charge is 0.115 e. The molecule has 0 aliphatic rings. The van der Waals surface area contributed by atoms with E-state index in [1.807, 2.05) is 24.3 Å². The zero-order valence-corrected chi connectivity index (χ0v) is 7.14. The van der Waals surface area contributed by atoms with E-state index in [1.54, 1.807) is 10.9 Å². The van der Waals surface area contributed by atoms with Crippen molar-refractivity contribution in [2.45, 2.75) is 0 Å². The minimum absolute atomic E-state index is 0.674. The molecule has 0 amide bonds. The third kappa shape index (κ3) is 1.38. The Labute approximate surface area is 75.8 Å². The molecular weight excluding hydrogens is 164 g/mol. The standard InChI is InChI=1S/C9H10N4/c1-2-7-10-13-9-6-4-3-5-8(9)11-12-13/h2-6,10H,1,7H2. The molecule has 66 valence electrons. The van der Waals surface area contributed by atoms with Crippen molar-refractivity contribution in [1.82, 2.24) is 15.1 Å². The van der Waals surface area contributed by atoms with Crippen molar-refractivity contribution >= 4 is 11.0 Å². The summed E-state index contributed by atoms with van der Waals surface area (Å²) in [4.78, 5) is 1.65. The Hall–Kier alpha value is -1.84. The maximum atomic E-state index is 3.99. The van der Waals surface area contributed by atoms with E-state index in [2.05, 4.69) is 22.3 Å². The number of nitrogens with zero attached hydrogens (tertiary/aromatic N) is 3. The zero-order chi connectivity index (χ0) is 9.10. The van der Waals surface area contributed by atoms with Crippen LogP contribution in [0, 0.1) is 0 Å². The van der Waals surface area contributed by atoms with Crippen LogP contribution in [0.4, 0.5) is 0 Å². The Bertz CT molecular complexity index is 418. The number of benzene rings is 1. The lowest BCUT2D eigenvalue weighted by Gasteiger charge is -2.01. The van der Waals surface area contributed by atoms with Gasteiger partial charge in [0.2, 0.25) is 0 Å². The quantitative estimate of drug-likeness (QED) is 0.710. The molecule has 4 heteroatoms. The van der Waals surface area contributed by atoms with Crippen molar-refractivity contribution in [3.8, 4) is 0 Å². The highest BCUT2D eigenvalue weighted by molar-refractivity contribution is 5.74. The molecule has 0 aliphatic heterocycles. The fourth-order valence-electron chi connectivity index (χ4n) is 1.14. The summed E-state index contributed by atoms with van der Waals surface area (Å²) in [6.45, 7) is 4.29. The number of hydrogen-bond acceptors (Lipinski definition) is 3. The first-order valence-corrected chi connectivity index (χ1v) is 4.07. The van der Waals surface area contributed by atoms with Gasteiger partial charge in [0, 0.05) is 0 Å². The molecule has 0 unspecified atom stereocenters. The van der Waals surface area contributed by atoms with E-state index < -0.39 is 0 Å². The average molecular weight is 174 g/mol. The molecule has 1 N–H and O–H groups in total. The molecule has 1 aromatic heterocycles. The minimum Gasteiger partial charge on any atom is -0.304 e. The maximum absolute atomic E-state index is 3.99. The molecule has 0 bridgehead atoms. The molecule has 1 aromatic carbocycles. The predicted octanol–water partition coefficient (Wildman–Crippen LogP) is 1.16. The predicted molar refractivity (Wildman–Crippen MR) is 52.0 cm³/mol. The van der Waals surface area contributed by atoms with Crippen molar-refractivity contribution in [2.24, 2.45) is 0 Å². The van der Waals surface area contributed by atoms with Crippen LogP contribution in [0.5, 0.6) is 0 Å². The van der Waals surface area contributed by atoms with E-state index in [0.717, 1.165) is 11.0 Å². The van der Waals surface area contributed by atoms with Crippen LogP contribution in [-0.4, -0.2) is 21.6 Å². The van der Waals surface area contributed by atoms with Crippen molar-refractivity contribution in [3.63, 3.8) is 0 Å². The van der Waals surface area contributed by atoms with Crippen LogP contribution in [0.15, 0.2) is 36.9 Å². The van der Waals surface area contributed by atoms with Crippen molar-refractivity contribution < 1.29 is 0 Å². The molecule has 0 saturated carbocycles. The monoisotopic (exact) mass is 174 g/mol. The van der Waals surface area contributed by atoms with Gasteiger partial charge in [0.1, 0.15) is 11.0 Å². The summed E-state index contributed by atoms with van der Waals surface area (Å²) >= 11 is 0. The second-order valence-electron chi connectivity index (χ2n) is 2.64. The van der Waals surface area contributed by atoms with Gasteiger partial charge < -0.3 is 5.43 Å². The van der Waals surface area contributed by atoms with Gasteiger partial charge in [0.05, 0.1) is 6.54 Å². The van der Waals surface area contributed by atoms with E-state index >= 15 is 0 Å². The van der Waals surface area contributed by atoms with Crippen LogP contribution in [-0.2, 0) is 0 Å². The Morgan fingerprint density at radius 1 is 1.46 bits per heavy atom. The van der Waals surface area contributed by atoms with E-state index in [0.29, 0.717) is 6.54 Å². The van der Waals surface area contributed by atoms with Crippen LogP contribution in [0.1, 0.15) is 0 Å². The van der Waals surface area contributed by atoms with Gasteiger partial charge in [-0.3, -0.25) is 0 Å². The van der Waals surface area contributed by atoms with Gasteiger partial charge in [-0.25, -0.2) is 0 Å². The summed E-state index contributed by atoms with van der Waals surface area (Å²) in [5.41, 5.74) is 4.91. The maximum Gasteiger partial charge on any atom is 0.115 e. The number of rotatable bonds is 3. The molecule has 4 nitrogen and oxygen atoms in total. The SMILES string of the molecule is C=CCNn1nnc2ccccc21. The molecule has 0 saturated heterocycles. The first-order chi connectivity index (χ1) is 6.42. The molecule has 0 aliphatic carbocycles. The minimum atomic E-state index is 0.674. The van der Waals surface area contributed by atoms with Gasteiger partial charge in [0.15, 0.2) is 0 Å².